The fourth-order valence-corrected chi connectivity index (χ4v) is 8.85. The van der Waals surface area contributed by atoms with Crippen molar-refractivity contribution in [3.63, 3.8) is 0 Å². The summed E-state index contributed by atoms with van der Waals surface area (Å²) in [7, 11) is 0. The maximum absolute atomic E-state index is 2.52. The summed E-state index contributed by atoms with van der Waals surface area (Å²) in [5.41, 5.74) is 20.6. The molecule has 0 saturated heterocycles. The molecule has 0 heteroatoms. The zero-order valence-electron chi connectivity index (χ0n) is 28.4. The lowest BCUT2D eigenvalue weighted by atomic mass is 9.65. The van der Waals surface area contributed by atoms with Crippen LogP contribution in [0.4, 0.5) is 0 Å². The fraction of sp³-hybridized carbons (Fsp3) is 0.0588. The molecule has 2 aliphatic carbocycles. The Kier molecular flexibility index (Phi) is 6.96. The Balaban J connectivity index is 1.18. The first kappa shape index (κ1) is 29.7. The summed E-state index contributed by atoms with van der Waals surface area (Å²) in [4.78, 5) is 0. The topological polar surface area (TPSA) is 0 Å². The van der Waals surface area contributed by atoms with E-state index in [4.69, 9.17) is 0 Å². The van der Waals surface area contributed by atoms with Crippen LogP contribution < -0.4 is 0 Å². The molecule has 0 fully saturated rings. The maximum atomic E-state index is 2.52. The van der Waals surface area contributed by atoms with E-state index in [0.29, 0.717) is 0 Å². The van der Waals surface area contributed by atoms with Crippen LogP contribution in [0, 0.1) is 0 Å². The molecule has 0 saturated carbocycles. The Morgan fingerprint density at radius 1 is 0.255 bits per heavy atom. The highest BCUT2D eigenvalue weighted by Gasteiger charge is 2.49. The highest BCUT2D eigenvalue weighted by Crippen LogP contribution is 2.59. The van der Waals surface area contributed by atoms with Crippen molar-refractivity contribution in [3.8, 4) is 55.6 Å². The molecule has 0 nitrogen and oxygen atoms in total. The smallest absolute Gasteiger partial charge is 0.0622 e. The Hall–Kier alpha value is -6.24. The average molecular weight is 649 g/mol. The molecular weight excluding hydrogens is 613 g/mol. The lowest BCUT2D eigenvalue weighted by molar-refractivity contribution is 0.763. The molecule has 10 rings (SSSR count). The van der Waals surface area contributed by atoms with Gasteiger partial charge in [0.25, 0.3) is 0 Å². The van der Waals surface area contributed by atoms with Gasteiger partial charge in [0.2, 0.25) is 0 Å². The van der Waals surface area contributed by atoms with E-state index in [1.807, 2.05) is 0 Å². The Bertz CT molecular complexity index is 2360. The van der Waals surface area contributed by atoms with Crippen molar-refractivity contribution < 1.29 is 0 Å². The van der Waals surface area contributed by atoms with Gasteiger partial charge in [-0.15, -0.1) is 0 Å². The number of benzene rings is 8. The van der Waals surface area contributed by atoms with E-state index in [1.165, 1.54) is 89.0 Å². The van der Waals surface area contributed by atoms with Gasteiger partial charge in [-0.1, -0.05) is 182 Å². The van der Waals surface area contributed by atoms with Crippen LogP contribution in [-0.2, 0) is 18.3 Å². The summed E-state index contributed by atoms with van der Waals surface area (Å²) in [5, 5.41) is 0. The van der Waals surface area contributed by atoms with E-state index in [2.05, 4.69) is 194 Å². The molecule has 51 heavy (non-hydrogen) atoms. The third-order valence-corrected chi connectivity index (χ3v) is 11.3. The fourth-order valence-electron chi connectivity index (χ4n) is 8.85. The standard InChI is InChI=1S/C51H36/c1-3-11-35(12-4-1)37-19-23-39(24-20-37)43-31-29-41-27-28-42-30-32-44(40-25-21-38(22-26-40)36-13-5-2-6-14-36)34-50(42)51(49(41)33-43)47-17-9-7-15-45(47)46-16-8-10-18-48(46)51/h1-26,29-34H,27-28H2. The van der Waals surface area contributed by atoms with E-state index in [1.54, 1.807) is 0 Å². The lowest BCUT2D eigenvalue weighted by Crippen LogP contribution is -2.30. The van der Waals surface area contributed by atoms with Crippen molar-refractivity contribution in [3.05, 3.63) is 228 Å². The van der Waals surface area contributed by atoms with Gasteiger partial charge in [-0.05, 0) is 114 Å². The van der Waals surface area contributed by atoms with Crippen LogP contribution in [0.5, 0.6) is 0 Å². The SMILES string of the molecule is c1ccc(-c2ccc(-c3ccc4c(c3)C3(c5cc(-c6ccc(-c7ccccc7)cc6)ccc5CC4)c4ccccc4-c4ccccc43)cc2)cc1. The summed E-state index contributed by atoms with van der Waals surface area (Å²) in [6.45, 7) is 0. The molecule has 2 aliphatic rings. The largest absolute Gasteiger partial charge is 0.0719 e. The van der Waals surface area contributed by atoms with Gasteiger partial charge in [-0.2, -0.15) is 0 Å². The Labute approximate surface area is 300 Å². The molecule has 0 bridgehead atoms. The molecule has 0 N–H and O–H groups in total. The molecule has 8 aromatic rings. The zero-order chi connectivity index (χ0) is 33.8. The molecule has 0 aliphatic heterocycles. The van der Waals surface area contributed by atoms with Gasteiger partial charge in [-0.25, -0.2) is 0 Å². The number of aryl methyl sites for hydroxylation is 2. The van der Waals surface area contributed by atoms with Gasteiger partial charge < -0.3 is 0 Å². The third-order valence-electron chi connectivity index (χ3n) is 11.3. The first-order valence-corrected chi connectivity index (χ1v) is 18.1. The predicted octanol–water partition coefficient (Wildman–Crippen LogP) is 12.8. The van der Waals surface area contributed by atoms with Crippen LogP contribution in [0.3, 0.4) is 0 Å². The predicted molar refractivity (Wildman–Crippen MR) is 213 cm³/mol. The third kappa shape index (κ3) is 4.75. The van der Waals surface area contributed by atoms with Crippen molar-refractivity contribution in [1.82, 2.24) is 0 Å². The van der Waals surface area contributed by atoms with Crippen LogP contribution in [-0.4, -0.2) is 0 Å². The second kappa shape index (κ2) is 12.0. The van der Waals surface area contributed by atoms with Crippen LogP contribution in [0.25, 0.3) is 55.6 Å². The number of rotatable bonds is 4. The molecule has 240 valence electrons. The minimum atomic E-state index is -0.436. The monoisotopic (exact) mass is 648 g/mol. The summed E-state index contributed by atoms with van der Waals surface area (Å²) in [6.07, 6.45) is 2.01. The number of hydrogen-bond donors (Lipinski definition) is 0. The Morgan fingerprint density at radius 3 is 0.980 bits per heavy atom. The van der Waals surface area contributed by atoms with Crippen molar-refractivity contribution in [1.29, 1.82) is 0 Å². The van der Waals surface area contributed by atoms with Gasteiger partial charge >= 0.3 is 0 Å². The highest BCUT2D eigenvalue weighted by molar-refractivity contribution is 5.88. The summed E-state index contributed by atoms with van der Waals surface area (Å²) >= 11 is 0. The normalized spacial score (nSPS) is 13.5. The van der Waals surface area contributed by atoms with Gasteiger partial charge in [0.1, 0.15) is 0 Å². The second-order valence-corrected chi connectivity index (χ2v) is 14.0. The van der Waals surface area contributed by atoms with E-state index in [-0.39, 0.29) is 0 Å². The minimum Gasteiger partial charge on any atom is -0.0622 e. The van der Waals surface area contributed by atoms with E-state index in [0.717, 1.165) is 12.8 Å². The summed E-state index contributed by atoms with van der Waals surface area (Å²) in [6, 6.07) is 72.3. The molecule has 0 atom stereocenters. The second-order valence-electron chi connectivity index (χ2n) is 14.0. The number of fused-ring (bicyclic) bond motifs is 9. The average Bonchev–Trinajstić information content (AvgIpc) is 3.43. The van der Waals surface area contributed by atoms with Crippen molar-refractivity contribution in [2.45, 2.75) is 18.3 Å². The van der Waals surface area contributed by atoms with E-state index < -0.39 is 5.41 Å². The minimum absolute atomic E-state index is 0.436. The maximum Gasteiger partial charge on any atom is 0.0719 e. The van der Waals surface area contributed by atoms with Crippen LogP contribution in [0.2, 0.25) is 0 Å². The zero-order valence-corrected chi connectivity index (χ0v) is 28.4. The summed E-state index contributed by atoms with van der Waals surface area (Å²) in [5.74, 6) is 0. The van der Waals surface area contributed by atoms with Gasteiger partial charge in [-0.3, -0.25) is 0 Å². The first-order valence-electron chi connectivity index (χ1n) is 18.1. The van der Waals surface area contributed by atoms with E-state index in [9.17, 15) is 0 Å². The van der Waals surface area contributed by atoms with Crippen molar-refractivity contribution >= 4 is 0 Å². The Morgan fingerprint density at radius 2 is 0.569 bits per heavy atom. The molecule has 0 heterocycles. The summed E-state index contributed by atoms with van der Waals surface area (Å²) < 4.78 is 0. The van der Waals surface area contributed by atoms with Crippen LogP contribution in [0.1, 0.15) is 33.4 Å². The van der Waals surface area contributed by atoms with Gasteiger partial charge in [0.15, 0.2) is 0 Å². The van der Waals surface area contributed by atoms with Crippen LogP contribution >= 0.6 is 0 Å². The first-order chi connectivity index (χ1) is 25.3. The van der Waals surface area contributed by atoms with Crippen LogP contribution in [0.15, 0.2) is 194 Å². The quantitative estimate of drug-likeness (QED) is 0.178. The van der Waals surface area contributed by atoms with Gasteiger partial charge in [0.05, 0.1) is 5.41 Å². The van der Waals surface area contributed by atoms with E-state index >= 15 is 0 Å². The van der Waals surface area contributed by atoms with Gasteiger partial charge in [0, 0.05) is 0 Å². The van der Waals surface area contributed by atoms with Crippen molar-refractivity contribution in [2.24, 2.45) is 0 Å². The lowest BCUT2D eigenvalue weighted by Gasteiger charge is -2.36. The molecule has 0 unspecified atom stereocenters. The van der Waals surface area contributed by atoms with Crippen molar-refractivity contribution in [2.75, 3.05) is 0 Å². The molecule has 0 radical (unpaired) electrons. The molecule has 1 spiro atoms. The molecule has 0 amide bonds. The molecular formula is C51H36. The molecule has 0 aromatic heterocycles. The molecule has 8 aromatic carbocycles. The number of hydrogen-bond acceptors (Lipinski definition) is 0. The highest BCUT2D eigenvalue weighted by atomic mass is 14.5.